The fraction of sp³-hybridized carbons (Fsp3) is 0.500. The standard InChI is InChI=1S/C10H14N2/c1-8-2-5-10(8,11)9-3-6-12-7-4-9/h3-4,6-8H,2,5,11H2,1H3. The molecule has 0 saturated heterocycles. The second-order valence-corrected chi connectivity index (χ2v) is 3.72. The molecule has 2 rings (SSSR count). The summed E-state index contributed by atoms with van der Waals surface area (Å²) in [6.07, 6.45) is 5.99. The minimum absolute atomic E-state index is 0.0665. The van der Waals surface area contributed by atoms with Crippen LogP contribution in [0.1, 0.15) is 25.3 Å². The molecule has 0 aliphatic heterocycles. The van der Waals surface area contributed by atoms with Gasteiger partial charge in [-0.05, 0) is 36.5 Å². The molecule has 1 aliphatic rings. The largest absolute Gasteiger partial charge is 0.321 e. The Morgan fingerprint density at radius 1 is 1.50 bits per heavy atom. The average Bonchev–Trinajstić information content (AvgIpc) is 2.16. The van der Waals surface area contributed by atoms with Gasteiger partial charge in [0.1, 0.15) is 0 Å². The highest BCUT2D eigenvalue weighted by atomic mass is 14.8. The Morgan fingerprint density at radius 2 is 2.17 bits per heavy atom. The number of hydrogen-bond acceptors (Lipinski definition) is 2. The Labute approximate surface area is 72.8 Å². The molecule has 2 nitrogen and oxygen atoms in total. The molecule has 12 heavy (non-hydrogen) atoms. The zero-order chi connectivity index (χ0) is 8.60. The molecule has 1 heterocycles. The Morgan fingerprint density at radius 3 is 2.58 bits per heavy atom. The van der Waals surface area contributed by atoms with E-state index >= 15 is 0 Å². The maximum absolute atomic E-state index is 6.24. The molecule has 0 spiro atoms. The zero-order valence-corrected chi connectivity index (χ0v) is 7.33. The van der Waals surface area contributed by atoms with Gasteiger partial charge in [0, 0.05) is 17.9 Å². The van der Waals surface area contributed by atoms with E-state index in [0.717, 1.165) is 6.42 Å². The van der Waals surface area contributed by atoms with Gasteiger partial charge in [-0.15, -0.1) is 0 Å². The molecule has 0 bridgehead atoms. The summed E-state index contributed by atoms with van der Waals surface area (Å²) in [5.41, 5.74) is 7.41. The number of aromatic nitrogens is 1. The van der Waals surface area contributed by atoms with Gasteiger partial charge in [0.05, 0.1) is 0 Å². The van der Waals surface area contributed by atoms with Gasteiger partial charge in [-0.1, -0.05) is 6.92 Å². The summed E-state index contributed by atoms with van der Waals surface area (Å²) in [6.45, 7) is 2.21. The summed E-state index contributed by atoms with van der Waals surface area (Å²) < 4.78 is 0. The van der Waals surface area contributed by atoms with Crippen molar-refractivity contribution in [3.05, 3.63) is 30.1 Å². The molecule has 0 radical (unpaired) electrons. The van der Waals surface area contributed by atoms with Crippen molar-refractivity contribution < 1.29 is 0 Å². The van der Waals surface area contributed by atoms with Crippen LogP contribution < -0.4 is 5.73 Å². The number of pyridine rings is 1. The van der Waals surface area contributed by atoms with Gasteiger partial charge < -0.3 is 5.73 Å². The van der Waals surface area contributed by atoms with Crippen LogP contribution >= 0.6 is 0 Å². The lowest BCUT2D eigenvalue weighted by Crippen LogP contribution is -2.50. The highest BCUT2D eigenvalue weighted by Gasteiger charge is 2.41. The van der Waals surface area contributed by atoms with Crippen LogP contribution in [-0.2, 0) is 5.54 Å². The Kier molecular flexibility index (Phi) is 1.65. The SMILES string of the molecule is CC1CCC1(N)c1ccncc1. The Bertz CT molecular complexity index is 270. The van der Waals surface area contributed by atoms with Crippen LogP contribution in [0.2, 0.25) is 0 Å². The van der Waals surface area contributed by atoms with Crippen molar-refractivity contribution >= 4 is 0 Å². The van der Waals surface area contributed by atoms with Crippen molar-refractivity contribution in [2.24, 2.45) is 11.7 Å². The van der Waals surface area contributed by atoms with E-state index in [-0.39, 0.29) is 5.54 Å². The van der Waals surface area contributed by atoms with Crippen molar-refractivity contribution in [2.75, 3.05) is 0 Å². The van der Waals surface area contributed by atoms with Gasteiger partial charge in [-0.3, -0.25) is 4.98 Å². The second kappa shape index (κ2) is 2.56. The van der Waals surface area contributed by atoms with Crippen molar-refractivity contribution in [2.45, 2.75) is 25.3 Å². The summed E-state index contributed by atoms with van der Waals surface area (Å²) in [6, 6.07) is 4.05. The number of nitrogens with two attached hydrogens (primary N) is 1. The number of rotatable bonds is 1. The smallest absolute Gasteiger partial charge is 0.0436 e. The first kappa shape index (κ1) is 7.74. The molecule has 1 saturated carbocycles. The van der Waals surface area contributed by atoms with Crippen LogP contribution in [0.5, 0.6) is 0 Å². The maximum atomic E-state index is 6.24. The Balaban J connectivity index is 2.31. The van der Waals surface area contributed by atoms with E-state index in [1.165, 1.54) is 12.0 Å². The average molecular weight is 162 g/mol. The highest BCUT2D eigenvalue weighted by molar-refractivity contribution is 5.25. The maximum Gasteiger partial charge on any atom is 0.0436 e. The first-order chi connectivity index (χ1) is 5.73. The quantitative estimate of drug-likeness (QED) is 0.682. The lowest BCUT2D eigenvalue weighted by molar-refractivity contribution is 0.145. The van der Waals surface area contributed by atoms with Gasteiger partial charge in [0.25, 0.3) is 0 Å². The van der Waals surface area contributed by atoms with E-state index in [1.807, 2.05) is 24.5 Å². The van der Waals surface area contributed by atoms with Crippen molar-refractivity contribution in [1.82, 2.24) is 4.98 Å². The molecule has 64 valence electrons. The van der Waals surface area contributed by atoms with Gasteiger partial charge >= 0.3 is 0 Å². The molecule has 2 atom stereocenters. The predicted octanol–water partition coefficient (Wildman–Crippen LogP) is 1.67. The normalized spacial score (nSPS) is 34.3. The predicted molar refractivity (Wildman–Crippen MR) is 48.5 cm³/mol. The van der Waals surface area contributed by atoms with Gasteiger partial charge in [0.15, 0.2) is 0 Å². The Hall–Kier alpha value is -0.890. The molecule has 1 aromatic heterocycles. The molecule has 1 aromatic rings. The van der Waals surface area contributed by atoms with E-state index in [9.17, 15) is 0 Å². The number of hydrogen-bond donors (Lipinski definition) is 1. The fourth-order valence-corrected chi connectivity index (χ4v) is 1.84. The van der Waals surface area contributed by atoms with Crippen molar-refractivity contribution in [3.63, 3.8) is 0 Å². The summed E-state index contributed by atoms with van der Waals surface area (Å²) in [4.78, 5) is 3.99. The molecule has 0 aromatic carbocycles. The molecule has 2 heteroatoms. The minimum Gasteiger partial charge on any atom is -0.321 e. The first-order valence-electron chi connectivity index (χ1n) is 4.43. The van der Waals surface area contributed by atoms with Crippen LogP contribution in [0.25, 0.3) is 0 Å². The van der Waals surface area contributed by atoms with Crippen LogP contribution in [0.3, 0.4) is 0 Å². The van der Waals surface area contributed by atoms with E-state index in [1.54, 1.807) is 0 Å². The van der Waals surface area contributed by atoms with E-state index in [0.29, 0.717) is 5.92 Å². The lowest BCUT2D eigenvalue weighted by atomic mass is 9.65. The summed E-state index contributed by atoms with van der Waals surface area (Å²) >= 11 is 0. The first-order valence-corrected chi connectivity index (χ1v) is 4.43. The molecule has 2 unspecified atom stereocenters. The lowest BCUT2D eigenvalue weighted by Gasteiger charge is -2.45. The molecule has 0 amide bonds. The van der Waals surface area contributed by atoms with Crippen molar-refractivity contribution in [1.29, 1.82) is 0 Å². The van der Waals surface area contributed by atoms with E-state index < -0.39 is 0 Å². The molecular formula is C10H14N2. The van der Waals surface area contributed by atoms with E-state index in [2.05, 4.69) is 11.9 Å². The fourth-order valence-electron chi connectivity index (χ4n) is 1.84. The summed E-state index contributed by atoms with van der Waals surface area (Å²) in [5.74, 6) is 0.611. The molecule has 2 N–H and O–H groups in total. The highest BCUT2D eigenvalue weighted by Crippen LogP contribution is 2.43. The monoisotopic (exact) mass is 162 g/mol. The van der Waals surface area contributed by atoms with Crippen LogP contribution in [0, 0.1) is 5.92 Å². The minimum atomic E-state index is -0.0665. The number of nitrogens with zero attached hydrogens (tertiary/aromatic N) is 1. The summed E-state index contributed by atoms with van der Waals surface area (Å²) in [7, 11) is 0. The van der Waals surface area contributed by atoms with Gasteiger partial charge in [-0.2, -0.15) is 0 Å². The third-order valence-electron chi connectivity index (χ3n) is 3.09. The van der Waals surface area contributed by atoms with Crippen molar-refractivity contribution in [3.8, 4) is 0 Å². The third-order valence-corrected chi connectivity index (χ3v) is 3.09. The van der Waals surface area contributed by atoms with Crippen LogP contribution in [0.15, 0.2) is 24.5 Å². The van der Waals surface area contributed by atoms with Gasteiger partial charge in [0.2, 0.25) is 0 Å². The molecular weight excluding hydrogens is 148 g/mol. The van der Waals surface area contributed by atoms with Crippen LogP contribution in [-0.4, -0.2) is 4.98 Å². The van der Waals surface area contributed by atoms with E-state index in [4.69, 9.17) is 5.73 Å². The van der Waals surface area contributed by atoms with Crippen LogP contribution in [0.4, 0.5) is 0 Å². The second-order valence-electron chi connectivity index (χ2n) is 3.72. The zero-order valence-electron chi connectivity index (χ0n) is 7.33. The molecule has 1 aliphatic carbocycles. The molecule has 1 fully saturated rings. The topological polar surface area (TPSA) is 38.9 Å². The summed E-state index contributed by atoms with van der Waals surface area (Å²) in [5, 5.41) is 0. The van der Waals surface area contributed by atoms with Gasteiger partial charge in [-0.25, -0.2) is 0 Å². The third kappa shape index (κ3) is 0.950.